The summed E-state index contributed by atoms with van der Waals surface area (Å²) in [6.07, 6.45) is 2.23. The summed E-state index contributed by atoms with van der Waals surface area (Å²) in [5, 5.41) is 17.1. The average Bonchev–Trinajstić information content (AvgIpc) is 2.88. The van der Waals surface area contributed by atoms with Crippen LogP contribution in [0.15, 0.2) is 6.20 Å². The monoisotopic (exact) mass is 313 g/mol. The van der Waals surface area contributed by atoms with E-state index in [-0.39, 0.29) is 18.3 Å². The van der Waals surface area contributed by atoms with Gasteiger partial charge in [-0.05, 0) is 13.8 Å². The molecule has 0 atom stereocenters. The molecule has 0 aliphatic rings. The minimum Gasteiger partial charge on any atom is -0.321 e. The fourth-order valence-electron chi connectivity index (χ4n) is 1.65. The van der Waals surface area contributed by atoms with Gasteiger partial charge in [0, 0.05) is 0 Å². The van der Waals surface area contributed by atoms with Crippen LogP contribution in [0.2, 0.25) is 0 Å². The maximum absolute atomic E-state index is 11.9. The number of aromatic amines is 1. The van der Waals surface area contributed by atoms with Crippen LogP contribution in [0, 0.1) is 13.8 Å². The predicted molar refractivity (Wildman–Crippen MR) is 75.2 cm³/mol. The summed E-state index contributed by atoms with van der Waals surface area (Å²) < 4.78 is 24.3. The van der Waals surface area contributed by atoms with Crippen molar-refractivity contribution in [2.24, 2.45) is 0 Å². The van der Waals surface area contributed by atoms with Crippen molar-refractivity contribution in [3.63, 3.8) is 0 Å². The maximum Gasteiger partial charge on any atom is 0.248 e. The fraction of sp³-hybridized carbons (Fsp3) is 0.400. The largest absolute Gasteiger partial charge is 0.321 e. The van der Waals surface area contributed by atoms with E-state index in [0.717, 1.165) is 16.7 Å². The van der Waals surface area contributed by atoms with Crippen molar-refractivity contribution in [2.75, 3.05) is 16.3 Å². The summed E-state index contributed by atoms with van der Waals surface area (Å²) in [5.74, 6) is -0.287. The molecule has 1 amide bonds. The number of hydrogen-bond acceptors (Lipinski definition) is 6. The summed E-state index contributed by atoms with van der Waals surface area (Å²) in [6, 6.07) is 0. The Hall–Kier alpha value is -2.43. The smallest absolute Gasteiger partial charge is 0.248 e. The molecule has 0 saturated carbocycles. The zero-order chi connectivity index (χ0) is 15.6. The minimum atomic E-state index is -3.42. The normalized spacial score (nSPS) is 11.4. The number of aromatic nitrogens is 5. The number of sulfonamides is 1. The molecular formula is C10H15N7O3S. The Bertz CT molecular complexity index is 742. The van der Waals surface area contributed by atoms with Gasteiger partial charge >= 0.3 is 0 Å². The van der Waals surface area contributed by atoms with Crippen LogP contribution in [-0.2, 0) is 21.4 Å². The van der Waals surface area contributed by atoms with Gasteiger partial charge in [0.2, 0.25) is 15.9 Å². The molecule has 21 heavy (non-hydrogen) atoms. The van der Waals surface area contributed by atoms with Crippen LogP contribution < -0.4 is 10.0 Å². The lowest BCUT2D eigenvalue weighted by molar-refractivity contribution is -0.117. The number of amides is 1. The number of nitrogens with zero attached hydrogens (tertiary/aromatic N) is 4. The highest BCUT2D eigenvalue weighted by Gasteiger charge is 2.12. The zero-order valence-corrected chi connectivity index (χ0v) is 12.5. The van der Waals surface area contributed by atoms with Crippen LogP contribution in [-0.4, -0.2) is 45.8 Å². The number of carbonyl (C=O) groups is 1. The van der Waals surface area contributed by atoms with E-state index in [4.69, 9.17) is 0 Å². The Labute approximate surface area is 121 Å². The first-order chi connectivity index (χ1) is 9.74. The molecule has 2 aromatic heterocycles. The first-order valence-corrected chi connectivity index (χ1v) is 7.83. The van der Waals surface area contributed by atoms with Gasteiger partial charge in [-0.2, -0.15) is 15.0 Å². The van der Waals surface area contributed by atoms with E-state index in [1.165, 1.54) is 6.20 Å². The lowest BCUT2D eigenvalue weighted by atomic mass is 10.3. The van der Waals surface area contributed by atoms with Gasteiger partial charge in [0.1, 0.15) is 6.54 Å². The molecular weight excluding hydrogens is 298 g/mol. The number of aryl methyl sites for hydroxylation is 2. The number of rotatable bonds is 5. The summed E-state index contributed by atoms with van der Waals surface area (Å²) in [7, 11) is -3.42. The highest BCUT2D eigenvalue weighted by atomic mass is 32.2. The summed E-state index contributed by atoms with van der Waals surface area (Å²) >= 11 is 0. The van der Waals surface area contributed by atoms with Crippen molar-refractivity contribution in [1.29, 1.82) is 0 Å². The molecule has 0 radical (unpaired) electrons. The third kappa shape index (κ3) is 4.02. The van der Waals surface area contributed by atoms with Crippen molar-refractivity contribution >= 4 is 27.4 Å². The van der Waals surface area contributed by atoms with Crippen LogP contribution in [0.4, 0.5) is 11.5 Å². The molecule has 0 saturated heterocycles. The second-order valence-corrected chi connectivity index (χ2v) is 6.24. The molecule has 0 aliphatic heterocycles. The van der Waals surface area contributed by atoms with Crippen molar-refractivity contribution in [1.82, 2.24) is 25.2 Å². The van der Waals surface area contributed by atoms with Gasteiger partial charge in [-0.1, -0.05) is 0 Å². The van der Waals surface area contributed by atoms with E-state index in [2.05, 4.69) is 30.4 Å². The lowest BCUT2D eigenvalue weighted by Crippen LogP contribution is -2.21. The van der Waals surface area contributed by atoms with Crippen LogP contribution in [0.5, 0.6) is 0 Å². The molecule has 3 N–H and O–H groups in total. The number of anilines is 2. The van der Waals surface area contributed by atoms with E-state index in [9.17, 15) is 13.2 Å². The van der Waals surface area contributed by atoms with E-state index in [1.807, 2.05) is 0 Å². The standard InChI is InChI=1S/C10H15N7O3S/c1-6-10(7(2)14-13-6)12-9(18)5-17-11-4-8(15-17)16-21(3,19)20/h4H,5H2,1-3H3,(H,12,18)(H,13,14)(H,15,16). The highest BCUT2D eigenvalue weighted by molar-refractivity contribution is 7.92. The first kappa shape index (κ1) is 15.0. The summed E-state index contributed by atoms with van der Waals surface area (Å²) in [5.41, 5.74) is 2.03. The third-order valence-electron chi connectivity index (χ3n) is 2.50. The molecule has 11 heteroatoms. The van der Waals surface area contributed by atoms with Gasteiger partial charge < -0.3 is 5.32 Å². The quantitative estimate of drug-likeness (QED) is 0.689. The third-order valence-corrected chi connectivity index (χ3v) is 3.08. The topological polar surface area (TPSA) is 135 Å². The Morgan fingerprint density at radius 3 is 2.71 bits per heavy atom. The molecule has 2 rings (SSSR count). The van der Waals surface area contributed by atoms with Gasteiger partial charge in [0.25, 0.3) is 0 Å². The Morgan fingerprint density at radius 2 is 2.14 bits per heavy atom. The predicted octanol–water partition coefficient (Wildman–Crippen LogP) is -0.372. The first-order valence-electron chi connectivity index (χ1n) is 5.94. The number of carbonyl (C=O) groups excluding carboxylic acids is 1. The van der Waals surface area contributed by atoms with Gasteiger partial charge in [0.15, 0.2) is 5.82 Å². The molecule has 0 fully saturated rings. The molecule has 0 aliphatic carbocycles. The lowest BCUT2D eigenvalue weighted by Gasteiger charge is -2.04. The molecule has 0 unspecified atom stereocenters. The number of H-pyrrole nitrogens is 1. The van der Waals surface area contributed by atoms with E-state index >= 15 is 0 Å². The Balaban J connectivity index is 2.00. The van der Waals surface area contributed by atoms with Gasteiger partial charge in [-0.25, -0.2) is 8.42 Å². The maximum atomic E-state index is 11.9. The van der Waals surface area contributed by atoms with Crippen molar-refractivity contribution in [3.05, 3.63) is 17.6 Å². The summed E-state index contributed by atoms with van der Waals surface area (Å²) in [6.45, 7) is 3.41. The molecule has 2 heterocycles. The van der Waals surface area contributed by atoms with Crippen molar-refractivity contribution in [3.8, 4) is 0 Å². The minimum absolute atomic E-state index is 0.0565. The van der Waals surface area contributed by atoms with Gasteiger partial charge in [0.05, 0.1) is 29.5 Å². The van der Waals surface area contributed by atoms with Crippen LogP contribution >= 0.6 is 0 Å². The highest BCUT2D eigenvalue weighted by Crippen LogP contribution is 2.15. The van der Waals surface area contributed by atoms with E-state index < -0.39 is 10.0 Å². The molecule has 114 valence electrons. The zero-order valence-electron chi connectivity index (χ0n) is 11.7. The number of nitrogens with one attached hydrogen (secondary N) is 3. The molecule has 0 bridgehead atoms. The molecule has 0 spiro atoms. The van der Waals surface area contributed by atoms with Crippen LogP contribution in [0.3, 0.4) is 0 Å². The van der Waals surface area contributed by atoms with Crippen molar-refractivity contribution in [2.45, 2.75) is 20.4 Å². The molecule has 0 aromatic carbocycles. The summed E-state index contributed by atoms with van der Waals surface area (Å²) in [4.78, 5) is 13.0. The van der Waals surface area contributed by atoms with Crippen molar-refractivity contribution < 1.29 is 13.2 Å². The van der Waals surface area contributed by atoms with Crippen LogP contribution in [0.1, 0.15) is 11.4 Å². The SMILES string of the molecule is Cc1n[nH]c(C)c1NC(=O)Cn1ncc(NS(C)(=O)=O)n1. The Kier molecular flexibility index (Phi) is 3.93. The van der Waals surface area contributed by atoms with E-state index in [1.54, 1.807) is 13.8 Å². The van der Waals surface area contributed by atoms with Crippen LogP contribution in [0.25, 0.3) is 0 Å². The number of hydrogen-bond donors (Lipinski definition) is 3. The van der Waals surface area contributed by atoms with Gasteiger partial charge in [-0.15, -0.1) is 5.10 Å². The molecule has 10 nitrogen and oxygen atoms in total. The van der Waals surface area contributed by atoms with E-state index in [0.29, 0.717) is 11.4 Å². The second-order valence-electron chi connectivity index (χ2n) is 4.49. The second kappa shape index (κ2) is 5.52. The fourth-order valence-corrected chi connectivity index (χ4v) is 2.13. The average molecular weight is 313 g/mol. The molecule has 2 aromatic rings. The Morgan fingerprint density at radius 1 is 1.43 bits per heavy atom. The van der Waals surface area contributed by atoms with Gasteiger partial charge in [-0.3, -0.25) is 14.6 Å².